The molecule has 1 saturated carbocycles. The predicted octanol–water partition coefficient (Wildman–Crippen LogP) is 3.13. The largest absolute Gasteiger partial charge is 0.380 e. The first-order valence-electron chi connectivity index (χ1n) is 8.66. The van der Waals surface area contributed by atoms with Gasteiger partial charge in [-0.15, -0.1) is 12.4 Å². The topological polar surface area (TPSA) is 93.4 Å². The number of nitrogens with two attached hydrogens (primary N) is 1. The van der Waals surface area contributed by atoms with E-state index in [0.717, 1.165) is 25.7 Å². The summed E-state index contributed by atoms with van der Waals surface area (Å²) in [6.45, 7) is 0.263. The highest BCUT2D eigenvalue weighted by Gasteiger charge is 2.19. The van der Waals surface area contributed by atoms with Gasteiger partial charge in [0, 0.05) is 25.4 Å². The third-order valence-corrected chi connectivity index (χ3v) is 4.77. The SMILES string of the molecule is COC(CN)CC(=O)Nc1ccc(Cl)c(C(=O)NC2CCCCC2)c1.Cl. The first-order valence-corrected chi connectivity index (χ1v) is 9.04. The van der Waals surface area contributed by atoms with Gasteiger partial charge in [-0.05, 0) is 31.0 Å². The molecule has 26 heavy (non-hydrogen) atoms. The van der Waals surface area contributed by atoms with Gasteiger partial charge in [-0.2, -0.15) is 0 Å². The number of amides is 2. The summed E-state index contributed by atoms with van der Waals surface area (Å²) in [7, 11) is 1.51. The zero-order valence-electron chi connectivity index (χ0n) is 14.9. The number of carbonyl (C=O) groups is 2. The minimum Gasteiger partial charge on any atom is -0.380 e. The van der Waals surface area contributed by atoms with Crippen molar-refractivity contribution in [1.29, 1.82) is 0 Å². The Morgan fingerprint density at radius 3 is 2.62 bits per heavy atom. The van der Waals surface area contributed by atoms with Crippen molar-refractivity contribution in [3.8, 4) is 0 Å². The zero-order valence-corrected chi connectivity index (χ0v) is 16.5. The number of hydrogen-bond acceptors (Lipinski definition) is 4. The Morgan fingerprint density at radius 2 is 2.00 bits per heavy atom. The zero-order chi connectivity index (χ0) is 18.2. The van der Waals surface area contributed by atoms with Crippen molar-refractivity contribution in [3.63, 3.8) is 0 Å². The average Bonchev–Trinajstić information content (AvgIpc) is 2.62. The van der Waals surface area contributed by atoms with Crippen molar-refractivity contribution < 1.29 is 14.3 Å². The molecular weight excluding hydrogens is 377 g/mol. The number of benzene rings is 1. The number of carbonyl (C=O) groups excluding carboxylic acids is 2. The van der Waals surface area contributed by atoms with E-state index in [-0.39, 0.29) is 49.3 Å². The van der Waals surface area contributed by atoms with Gasteiger partial charge in [0.15, 0.2) is 0 Å². The molecule has 1 aliphatic rings. The van der Waals surface area contributed by atoms with Crippen LogP contribution in [0, 0.1) is 0 Å². The van der Waals surface area contributed by atoms with Crippen molar-refractivity contribution in [1.82, 2.24) is 5.32 Å². The highest BCUT2D eigenvalue weighted by molar-refractivity contribution is 6.34. The lowest BCUT2D eigenvalue weighted by atomic mass is 9.95. The van der Waals surface area contributed by atoms with E-state index in [1.807, 2.05) is 0 Å². The van der Waals surface area contributed by atoms with Crippen LogP contribution in [-0.4, -0.2) is 37.6 Å². The summed E-state index contributed by atoms with van der Waals surface area (Å²) in [4.78, 5) is 24.5. The molecule has 8 heteroatoms. The fourth-order valence-electron chi connectivity index (χ4n) is 2.97. The lowest BCUT2D eigenvalue weighted by Gasteiger charge is -2.23. The minimum atomic E-state index is -0.332. The first-order chi connectivity index (χ1) is 12.0. The molecule has 6 nitrogen and oxygen atoms in total. The Labute approximate surface area is 165 Å². The molecule has 1 aromatic carbocycles. The van der Waals surface area contributed by atoms with Crippen molar-refractivity contribution in [2.24, 2.45) is 5.73 Å². The number of rotatable bonds is 7. The van der Waals surface area contributed by atoms with E-state index in [0.29, 0.717) is 16.3 Å². The molecule has 0 heterocycles. The molecule has 0 saturated heterocycles. The summed E-state index contributed by atoms with van der Waals surface area (Å²) in [6, 6.07) is 5.08. The van der Waals surface area contributed by atoms with Crippen molar-refractivity contribution in [2.75, 3.05) is 19.0 Å². The van der Waals surface area contributed by atoms with Crippen LogP contribution >= 0.6 is 24.0 Å². The van der Waals surface area contributed by atoms with E-state index in [1.54, 1.807) is 18.2 Å². The van der Waals surface area contributed by atoms with Gasteiger partial charge in [-0.1, -0.05) is 30.9 Å². The summed E-state index contributed by atoms with van der Waals surface area (Å²) in [5.41, 5.74) is 6.41. The molecule has 0 aromatic heterocycles. The van der Waals surface area contributed by atoms with Gasteiger partial charge in [-0.25, -0.2) is 0 Å². The van der Waals surface area contributed by atoms with E-state index in [4.69, 9.17) is 22.1 Å². The lowest BCUT2D eigenvalue weighted by Crippen LogP contribution is -2.36. The molecule has 0 bridgehead atoms. The standard InChI is InChI=1S/C18H26ClN3O3.ClH/c1-25-14(11-20)10-17(23)21-13-7-8-16(19)15(9-13)18(24)22-12-5-3-2-4-6-12;/h7-9,12,14H,2-6,10-11,20H2,1H3,(H,21,23)(H,22,24);1H. The summed E-state index contributed by atoms with van der Waals surface area (Å²) in [5.74, 6) is -0.428. The van der Waals surface area contributed by atoms with E-state index in [9.17, 15) is 9.59 Å². The predicted molar refractivity (Wildman–Crippen MR) is 106 cm³/mol. The monoisotopic (exact) mass is 403 g/mol. The van der Waals surface area contributed by atoms with Crippen LogP contribution in [0.1, 0.15) is 48.9 Å². The Balaban J connectivity index is 0.00000338. The number of ether oxygens (including phenoxy) is 1. The highest BCUT2D eigenvalue weighted by atomic mass is 35.5. The van der Waals surface area contributed by atoms with Crippen LogP contribution in [0.3, 0.4) is 0 Å². The average molecular weight is 404 g/mol. The summed E-state index contributed by atoms with van der Waals surface area (Å²) in [6.07, 6.45) is 5.31. The molecule has 0 spiro atoms. The quantitative estimate of drug-likeness (QED) is 0.651. The smallest absolute Gasteiger partial charge is 0.253 e. The van der Waals surface area contributed by atoms with Crippen molar-refractivity contribution in [2.45, 2.75) is 50.7 Å². The number of hydrogen-bond donors (Lipinski definition) is 3. The lowest BCUT2D eigenvalue weighted by molar-refractivity contribution is -0.118. The van der Waals surface area contributed by atoms with Gasteiger partial charge in [0.05, 0.1) is 23.1 Å². The Bertz CT molecular complexity index is 603. The second-order valence-electron chi connectivity index (χ2n) is 6.35. The molecule has 1 atom stereocenters. The van der Waals surface area contributed by atoms with Gasteiger partial charge in [0.25, 0.3) is 5.91 Å². The molecule has 0 radical (unpaired) electrons. The second-order valence-corrected chi connectivity index (χ2v) is 6.76. The van der Waals surface area contributed by atoms with E-state index in [1.165, 1.54) is 13.5 Å². The van der Waals surface area contributed by atoms with Crippen LogP contribution < -0.4 is 16.4 Å². The van der Waals surface area contributed by atoms with Gasteiger partial charge >= 0.3 is 0 Å². The number of anilines is 1. The fourth-order valence-corrected chi connectivity index (χ4v) is 3.17. The normalized spacial score (nSPS) is 15.7. The number of nitrogens with one attached hydrogen (secondary N) is 2. The van der Waals surface area contributed by atoms with Gasteiger partial charge in [0.1, 0.15) is 0 Å². The molecule has 4 N–H and O–H groups in total. The maximum Gasteiger partial charge on any atom is 0.253 e. The minimum absolute atomic E-state index is 0. The third-order valence-electron chi connectivity index (χ3n) is 4.44. The summed E-state index contributed by atoms with van der Waals surface area (Å²) < 4.78 is 5.10. The van der Waals surface area contributed by atoms with E-state index < -0.39 is 0 Å². The summed E-state index contributed by atoms with van der Waals surface area (Å²) >= 11 is 6.16. The maximum atomic E-state index is 12.5. The fraction of sp³-hybridized carbons (Fsp3) is 0.556. The van der Waals surface area contributed by atoms with E-state index in [2.05, 4.69) is 10.6 Å². The Hall–Kier alpha value is -1.34. The highest BCUT2D eigenvalue weighted by Crippen LogP contribution is 2.23. The number of methoxy groups -OCH3 is 1. The molecular formula is C18H27Cl2N3O3. The first kappa shape index (κ1) is 22.7. The number of halogens is 2. The van der Waals surface area contributed by atoms with Crippen LogP contribution in [-0.2, 0) is 9.53 Å². The molecule has 0 aliphatic heterocycles. The van der Waals surface area contributed by atoms with Crippen molar-refractivity contribution >= 4 is 41.5 Å². The molecule has 146 valence electrons. The Morgan fingerprint density at radius 1 is 1.31 bits per heavy atom. The molecule has 1 aliphatic carbocycles. The van der Waals surface area contributed by atoms with Crippen LogP contribution in [0.5, 0.6) is 0 Å². The van der Waals surface area contributed by atoms with Gasteiger partial charge in [0.2, 0.25) is 5.91 Å². The van der Waals surface area contributed by atoms with Crippen LogP contribution in [0.4, 0.5) is 5.69 Å². The Kier molecular flexibility index (Phi) is 9.94. The third kappa shape index (κ3) is 6.76. The maximum absolute atomic E-state index is 12.5. The van der Waals surface area contributed by atoms with Crippen LogP contribution in [0.25, 0.3) is 0 Å². The molecule has 2 rings (SSSR count). The molecule has 1 aromatic rings. The van der Waals surface area contributed by atoms with Crippen LogP contribution in [0.2, 0.25) is 5.02 Å². The summed E-state index contributed by atoms with van der Waals surface area (Å²) in [5, 5.41) is 6.15. The van der Waals surface area contributed by atoms with Gasteiger partial charge in [-0.3, -0.25) is 9.59 Å². The van der Waals surface area contributed by atoms with Crippen molar-refractivity contribution in [3.05, 3.63) is 28.8 Å². The second kappa shape index (κ2) is 11.4. The van der Waals surface area contributed by atoms with Gasteiger partial charge < -0.3 is 21.1 Å². The molecule has 1 fully saturated rings. The molecule has 2 amide bonds. The van der Waals surface area contributed by atoms with E-state index >= 15 is 0 Å². The van der Waals surface area contributed by atoms with Crippen LogP contribution in [0.15, 0.2) is 18.2 Å². The molecule has 1 unspecified atom stereocenters.